The predicted octanol–water partition coefficient (Wildman–Crippen LogP) is 1.64. The molecule has 0 aliphatic heterocycles. The molecule has 0 radical (unpaired) electrons. The van der Waals surface area contributed by atoms with Crippen molar-refractivity contribution in [3.05, 3.63) is 57.8 Å². The van der Waals surface area contributed by atoms with Crippen LogP contribution in [-0.4, -0.2) is 15.7 Å². The van der Waals surface area contributed by atoms with Crippen LogP contribution in [0.1, 0.15) is 11.3 Å². The Morgan fingerprint density at radius 3 is 2.80 bits per heavy atom. The molecular formula is C14H14FN3O2. The number of nitrogens with one attached hydrogen (secondary N) is 1. The van der Waals surface area contributed by atoms with Crippen molar-refractivity contribution in [3.8, 4) is 0 Å². The Hall–Kier alpha value is -2.50. The molecule has 20 heavy (non-hydrogen) atoms. The molecule has 0 aliphatic rings. The molecule has 1 aromatic carbocycles. The van der Waals surface area contributed by atoms with Gasteiger partial charge >= 0.3 is 0 Å². The second kappa shape index (κ2) is 5.64. The molecule has 2 aromatic rings. The van der Waals surface area contributed by atoms with Crippen LogP contribution in [-0.2, 0) is 11.3 Å². The van der Waals surface area contributed by atoms with E-state index in [9.17, 15) is 14.0 Å². The number of amides is 1. The number of rotatable bonds is 3. The van der Waals surface area contributed by atoms with E-state index in [1.54, 1.807) is 19.9 Å². The summed E-state index contributed by atoms with van der Waals surface area (Å²) in [5, 5.41) is 6.55. The average molecular weight is 275 g/mol. The first-order chi connectivity index (χ1) is 9.45. The Bertz CT molecular complexity index is 710. The first-order valence-corrected chi connectivity index (χ1v) is 6.06. The fourth-order valence-corrected chi connectivity index (χ4v) is 1.69. The maximum Gasteiger partial charge on any atom is 0.267 e. The van der Waals surface area contributed by atoms with Crippen LogP contribution in [0.4, 0.5) is 10.1 Å². The number of carbonyl (C=O) groups excluding carboxylic acids is 1. The van der Waals surface area contributed by atoms with Gasteiger partial charge in [0.05, 0.1) is 5.69 Å². The van der Waals surface area contributed by atoms with Crippen LogP contribution in [0, 0.1) is 19.7 Å². The molecule has 0 spiro atoms. The van der Waals surface area contributed by atoms with Gasteiger partial charge < -0.3 is 5.32 Å². The van der Waals surface area contributed by atoms with Crippen molar-refractivity contribution < 1.29 is 9.18 Å². The second-order valence-electron chi connectivity index (χ2n) is 4.47. The van der Waals surface area contributed by atoms with E-state index >= 15 is 0 Å². The van der Waals surface area contributed by atoms with Crippen molar-refractivity contribution in [2.24, 2.45) is 0 Å². The fraction of sp³-hybridized carbons (Fsp3) is 0.214. The standard InChI is InChI=1S/C14H14FN3O2/c1-9-6-14(20)18(17-10(9)2)8-13(19)16-12-5-3-4-11(15)7-12/h3-7H,8H2,1-2H3,(H,16,19). The Kier molecular flexibility index (Phi) is 3.93. The summed E-state index contributed by atoms with van der Waals surface area (Å²) in [6, 6.07) is 6.97. The summed E-state index contributed by atoms with van der Waals surface area (Å²) in [5.74, 6) is -0.877. The summed E-state index contributed by atoms with van der Waals surface area (Å²) in [6.07, 6.45) is 0. The van der Waals surface area contributed by atoms with Crippen LogP contribution in [0.25, 0.3) is 0 Å². The van der Waals surface area contributed by atoms with Crippen LogP contribution < -0.4 is 10.9 Å². The lowest BCUT2D eigenvalue weighted by Crippen LogP contribution is -2.30. The molecule has 2 rings (SSSR count). The zero-order chi connectivity index (χ0) is 14.7. The van der Waals surface area contributed by atoms with Gasteiger partial charge in [-0.25, -0.2) is 9.07 Å². The third-order valence-corrected chi connectivity index (χ3v) is 2.84. The van der Waals surface area contributed by atoms with E-state index in [1.165, 1.54) is 24.3 Å². The lowest BCUT2D eigenvalue weighted by atomic mass is 10.2. The van der Waals surface area contributed by atoms with E-state index in [0.717, 1.165) is 10.2 Å². The summed E-state index contributed by atoms with van der Waals surface area (Å²) in [4.78, 5) is 23.5. The molecule has 0 aliphatic carbocycles. The Morgan fingerprint density at radius 1 is 1.35 bits per heavy atom. The van der Waals surface area contributed by atoms with Gasteiger partial charge in [0.2, 0.25) is 5.91 Å². The number of anilines is 1. The Balaban J connectivity index is 2.13. The van der Waals surface area contributed by atoms with Crippen LogP contribution in [0.3, 0.4) is 0 Å². The zero-order valence-corrected chi connectivity index (χ0v) is 11.2. The van der Waals surface area contributed by atoms with E-state index in [0.29, 0.717) is 11.4 Å². The lowest BCUT2D eigenvalue weighted by molar-refractivity contribution is -0.117. The maximum atomic E-state index is 13.0. The molecule has 5 nitrogen and oxygen atoms in total. The fourth-order valence-electron chi connectivity index (χ4n) is 1.69. The molecule has 0 saturated carbocycles. The van der Waals surface area contributed by atoms with Gasteiger partial charge in [-0.2, -0.15) is 5.10 Å². The number of nitrogens with zero attached hydrogens (tertiary/aromatic N) is 2. The number of aryl methyl sites for hydroxylation is 2. The molecule has 0 fully saturated rings. The van der Waals surface area contributed by atoms with E-state index < -0.39 is 11.7 Å². The largest absolute Gasteiger partial charge is 0.324 e. The molecule has 0 saturated heterocycles. The lowest BCUT2D eigenvalue weighted by Gasteiger charge is -2.08. The summed E-state index contributed by atoms with van der Waals surface area (Å²) in [6.45, 7) is 3.33. The van der Waals surface area contributed by atoms with Gasteiger partial charge in [0.1, 0.15) is 12.4 Å². The number of halogens is 1. The first-order valence-electron chi connectivity index (χ1n) is 6.06. The second-order valence-corrected chi connectivity index (χ2v) is 4.47. The summed E-state index contributed by atoms with van der Waals surface area (Å²) in [7, 11) is 0. The maximum absolute atomic E-state index is 13.0. The molecule has 0 bridgehead atoms. The van der Waals surface area contributed by atoms with E-state index in [-0.39, 0.29) is 12.1 Å². The molecular weight excluding hydrogens is 261 g/mol. The van der Waals surface area contributed by atoms with E-state index in [1.807, 2.05) is 0 Å². The average Bonchev–Trinajstić information content (AvgIpc) is 2.36. The number of carbonyl (C=O) groups is 1. The van der Waals surface area contributed by atoms with Gasteiger partial charge in [-0.05, 0) is 37.6 Å². The zero-order valence-electron chi connectivity index (χ0n) is 11.2. The van der Waals surface area contributed by atoms with Crippen LogP contribution in [0.15, 0.2) is 35.1 Å². The van der Waals surface area contributed by atoms with Crippen molar-refractivity contribution in [2.75, 3.05) is 5.32 Å². The van der Waals surface area contributed by atoms with Gasteiger partial charge in [-0.15, -0.1) is 0 Å². The topological polar surface area (TPSA) is 64.0 Å². The summed E-state index contributed by atoms with van der Waals surface area (Å²) < 4.78 is 14.1. The summed E-state index contributed by atoms with van der Waals surface area (Å²) in [5.41, 5.74) is 1.45. The van der Waals surface area contributed by atoms with Gasteiger partial charge in [0.15, 0.2) is 0 Å². The smallest absolute Gasteiger partial charge is 0.267 e. The van der Waals surface area contributed by atoms with E-state index in [4.69, 9.17) is 0 Å². The molecule has 104 valence electrons. The quantitative estimate of drug-likeness (QED) is 0.926. The highest BCUT2D eigenvalue weighted by Crippen LogP contribution is 2.08. The highest BCUT2D eigenvalue weighted by Gasteiger charge is 2.08. The highest BCUT2D eigenvalue weighted by molar-refractivity contribution is 5.90. The van der Waals surface area contributed by atoms with Gasteiger partial charge in [0.25, 0.3) is 5.56 Å². The van der Waals surface area contributed by atoms with Crippen molar-refractivity contribution in [2.45, 2.75) is 20.4 Å². The number of hydrogen-bond donors (Lipinski definition) is 1. The normalized spacial score (nSPS) is 10.3. The minimum Gasteiger partial charge on any atom is -0.324 e. The molecule has 1 aromatic heterocycles. The predicted molar refractivity (Wildman–Crippen MR) is 73.0 cm³/mol. The monoisotopic (exact) mass is 275 g/mol. The third kappa shape index (κ3) is 3.28. The van der Waals surface area contributed by atoms with Gasteiger partial charge in [0, 0.05) is 11.8 Å². The molecule has 1 amide bonds. The number of benzene rings is 1. The van der Waals surface area contributed by atoms with Gasteiger partial charge in [-0.3, -0.25) is 9.59 Å². The highest BCUT2D eigenvalue weighted by atomic mass is 19.1. The SMILES string of the molecule is Cc1cc(=O)n(CC(=O)Nc2cccc(F)c2)nc1C. The Morgan fingerprint density at radius 2 is 2.10 bits per heavy atom. The first kappa shape index (κ1) is 13.9. The molecule has 1 heterocycles. The molecule has 6 heteroatoms. The summed E-state index contributed by atoms with van der Waals surface area (Å²) >= 11 is 0. The van der Waals surface area contributed by atoms with Crippen LogP contribution in [0.5, 0.6) is 0 Å². The minimum atomic E-state index is -0.440. The minimum absolute atomic E-state index is 0.212. The molecule has 0 unspecified atom stereocenters. The van der Waals surface area contributed by atoms with Crippen LogP contribution >= 0.6 is 0 Å². The van der Waals surface area contributed by atoms with Gasteiger partial charge in [-0.1, -0.05) is 6.07 Å². The third-order valence-electron chi connectivity index (χ3n) is 2.84. The molecule has 0 atom stereocenters. The van der Waals surface area contributed by atoms with Crippen molar-refractivity contribution in [1.29, 1.82) is 0 Å². The van der Waals surface area contributed by atoms with E-state index in [2.05, 4.69) is 10.4 Å². The number of hydrogen-bond acceptors (Lipinski definition) is 3. The van der Waals surface area contributed by atoms with Crippen LogP contribution in [0.2, 0.25) is 0 Å². The van der Waals surface area contributed by atoms with Crippen molar-refractivity contribution in [3.63, 3.8) is 0 Å². The van der Waals surface area contributed by atoms with Crippen molar-refractivity contribution in [1.82, 2.24) is 9.78 Å². The number of aromatic nitrogens is 2. The molecule has 1 N–H and O–H groups in total. The van der Waals surface area contributed by atoms with Crippen molar-refractivity contribution >= 4 is 11.6 Å². The Labute approximate surface area is 115 Å².